The molecule has 0 spiro atoms. The van der Waals surface area contributed by atoms with E-state index in [1.54, 1.807) is 4.57 Å². The lowest BCUT2D eigenvalue weighted by atomic mass is 10.1. The van der Waals surface area contributed by atoms with Crippen molar-refractivity contribution in [3.63, 3.8) is 0 Å². The highest BCUT2D eigenvalue weighted by Crippen LogP contribution is 2.26. The molecule has 1 atom stereocenters. The molecule has 2 aromatic carbocycles. The SMILES string of the molecule is CC(c1ccccc1)n1c(SCC(=O)N2CCCC2)nc2ccc(Br)cc2c1=O. The van der Waals surface area contributed by atoms with E-state index >= 15 is 0 Å². The molecule has 29 heavy (non-hydrogen) atoms. The van der Waals surface area contributed by atoms with Crippen LogP contribution in [0, 0.1) is 0 Å². The fourth-order valence-electron chi connectivity index (χ4n) is 3.66. The molecule has 1 saturated heterocycles. The molecule has 3 aromatic rings. The molecule has 2 heterocycles. The van der Waals surface area contributed by atoms with Gasteiger partial charge in [-0.25, -0.2) is 4.98 Å². The Morgan fingerprint density at radius 2 is 1.90 bits per heavy atom. The smallest absolute Gasteiger partial charge is 0.262 e. The zero-order chi connectivity index (χ0) is 20.4. The average molecular weight is 472 g/mol. The first kappa shape index (κ1) is 20.2. The number of hydrogen-bond acceptors (Lipinski definition) is 4. The minimum absolute atomic E-state index is 0.0937. The van der Waals surface area contributed by atoms with Crippen LogP contribution in [0.5, 0.6) is 0 Å². The Kier molecular flexibility index (Phi) is 6.06. The Morgan fingerprint density at radius 3 is 2.62 bits per heavy atom. The van der Waals surface area contributed by atoms with Gasteiger partial charge in [-0.15, -0.1) is 0 Å². The number of thioether (sulfide) groups is 1. The molecule has 1 amide bonds. The van der Waals surface area contributed by atoms with Crippen molar-refractivity contribution in [2.45, 2.75) is 31.0 Å². The minimum atomic E-state index is -0.191. The first-order chi connectivity index (χ1) is 14.0. The van der Waals surface area contributed by atoms with E-state index in [0.29, 0.717) is 16.1 Å². The maximum Gasteiger partial charge on any atom is 0.262 e. The number of carbonyl (C=O) groups excluding carboxylic acids is 1. The van der Waals surface area contributed by atoms with Gasteiger partial charge in [0, 0.05) is 17.6 Å². The number of nitrogens with zero attached hydrogens (tertiary/aromatic N) is 3. The molecule has 4 rings (SSSR count). The number of rotatable bonds is 5. The molecule has 1 unspecified atom stereocenters. The third-order valence-electron chi connectivity index (χ3n) is 5.28. The van der Waals surface area contributed by atoms with E-state index in [9.17, 15) is 9.59 Å². The van der Waals surface area contributed by atoms with Gasteiger partial charge in [0.25, 0.3) is 5.56 Å². The lowest BCUT2D eigenvalue weighted by Crippen LogP contribution is -2.30. The molecule has 1 aromatic heterocycles. The van der Waals surface area contributed by atoms with E-state index in [-0.39, 0.29) is 23.3 Å². The molecule has 7 heteroatoms. The molecule has 1 fully saturated rings. The van der Waals surface area contributed by atoms with Crippen molar-refractivity contribution in [2.75, 3.05) is 18.8 Å². The predicted molar refractivity (Wildman–Crippen MR) is 120 cm³/mol. The summed E-state index contributed by atoms with van der Waals surface area (Å²) in [6.07, 6.45) is 2.13. The van der Waals surface area contributed by atoms with Crippen molar-refractivity contribution in [3.8, 4) is 0 Å². The van der Waals surface area contributed by atoms with Crippen molar-refractivity contribution in [1.29, 1.82) is 0 Å². The second kappa shape index (κ2) is 8.71. The summed E-state index contributed by atoms with van der Waals surface area (Å²) in [5.41, 5.74) is 1.58. The van der Waals surface area contributed by atoms with Gasteiger partial charge in [0.05, 0.1) is 22.7 Å². The molecule has 0 saturated carbocycles. The highest BCUT2D eigenvalue weighted by molar-refractivity contribution is 9.10. The summed E-state index contributed by atoms with van der Waals surface area (Å²) < 4.78 is 2.55. The molecule has 0 N–H and O–H groups in total. The third-order valence-corrected chi connectivity index (χ3v) is 6.71. The molecule has 1 aliphatic heterocycles. The standard InChI is InChI=1S/C22H22BrN3O2S/c1-15(16-7-3-2-4-8-16)26-21(28)18-13-17(23)9-10-19(18)24-22(26)29-14-20(27)25-11-5-6-12-25/h2-4,7-10,13,15H,5-6,11-12,14H2,1H3. The lowest BCUT2D eigenvalue weighted by molar-refractivity contribution is -0.127. The average Bonchev–Trinajstić information content (AvgIpc) is 3.28. The largest absolute Gasteiger partial charge is 0.342 e. The fraction of sp³-hybridized carbons (Fsp3) is 0.318. The van der Waals surface area contributed by atoms with Crippen LogP contribution in [0.3, 0.4) is 0 Å². The Bertz CT molecular complexity index is 1090. The summed E-state index contributed by atoms with van der Waals surface area (Å²) in [4.78, 5) is 32.6. The Morgan fingerprint density at radius 1 is 1.17 bits per heavy atom. The van der Waals surface area contributed by atoms with Crippen LogP contribution in [-0.2, 0) is 4.79 Å². The van der Waals surface area contributed by atoms with Crippen molar-refractivity contribution < 1.29 is 4.79 Å². The monoisotopic (exact) mass is 471 g/mol. The summed E-state index contributed by atoms with van der Waals surface area (Å²) in [5.74, 6) is 0.396. The summed E-state index contributed by atoms with van der Waals surface area (Å²) in [6.45, 7) is 3.65. The van der Waals surface area contributed by atoms with Crippen LogP contribution in [0.4, 0.5) is 0 Å². The molecule has 5 nitrogen and oxygen atoms in total. The second-order valence-electron chi connectivity index (χ2n) is 7.19. The Balaban J connectivity index is 1.75. The van der Waals surface area contributed by atoms with Crippen LogP contribution in [0.1, 0.15) is 31.4 Å². The number of benzene rings is 2. The molecule has 0 aliphatic carbocycles. The van der Waals surface area contributed by atoms with Crippen LogP contribution < -0.4 is 5.56 Å². The molecule has 0 radical (unpaired) electrons. The van der Waals surface area contributed by atoms with Crippen molar-refractivity contribution in [3.05, 3.63) is 68.9 Å². The number of fused-ring (bicyclic) bond motifs is 1. The zero-order valence-corrected chi connectivity index (χ0v) is 18.6. The maximum absolute atomic E-state index is 13.4. The van der Waals surface area contributed by atoms with E-state index in [1.165, 1.54) is 11.8 Å². The van der Waals surface area contributed by atoms with Gasteiger partial charge in [-0.05, 0) is 43.5 Å². The Labute approximate surface area is 182 Å². The summed E-state index contributed by atoms with van der Waals surface area (Å²) in [6, 6.07) is 15.2. The van der Waals surface area contributed by atoms with E-state index < -0.39 is 0 Å². The van der Waals surface area contributed by atoms with Crippen LogP contribution in [0.25, 0.3) is 10.9 Å². The normalized spacial score (nSPS) is 15.0. The quantitative estimate of drug-likeness (QED) is 0.406. The fourth-order valence-corrected chi connectivity index (χ4v) is 5.00. The van der Waals surface area contributed by atoms with Crippen LogP contribution in [0.15, 0.2) is 63.0 Å². The van der Waals surface area contributed by atoms with Crippen molar-refractivity contribution >= 4 is 44.5 Å². The van der Waals surface area contributed by atoms with Gasteiger partial charge in [-0.2, -0.15) is 0 Å². The predicted octanol–water partition coefficient (Wildman–Crippen LogP) is 4.48. The van der Waals surface area contributed by atoms with Gasteiger partial charge in [0.1, 0.15) is 0 Å². The van der Waals surface area contributed by atoms with Crippen LogP contribution in [-0.4, -0.2) is 39.2 Å². The van der Waals surface area contributed by atoms with Gasteiger partial charge in [-0.1, -0.05) is 58.0 Å². The van der Waals surface area contributed by atoms with Gasteiger partial charge < -0.3 is 4.90 Å². The van der Waals surface area contributed by atoms with E-state index in [0.717, 1.165) is 36.0 Å². The van der Waals surface area contributed by atoms with E-state index in [4.69, 9.17) is 4.98 Å². The number of likely N-dealkylation sites (tertiary alicyclic amines) is 1. The van der Waals surface area contributed by atoms with Crippen molar-refractivity contribution in [2.24, 2.45) is 0 Å². The van der Waals surface area contributed by atoms with Crippen molar-refractivity contribution in [1.82, 2.24) is 14.5 Å². The highest BCUT2D eigenvalue weighted by Gasteiger charge is 2.22. The highest BCUT2D eigenvalue weighted by atomic mass is 79.9. The van der Waals surface area contributed by atoms with Gasteiger partial charge >= 0.3 is 0 Å². The van der Waals surface area contributed by atoms with Crippen LogP contribution >= 0.6 is 27.7 Å². The number of hydrogen-bond donors (Lipinski definition) is 0. The van der Waals surface area contributed by atoms with Gasteiger partial charge in [0.2, 0.25) is 5.91 Å². The third kappa shape index (κ3) is 4.26. The van der Waals surface area contributed by atoms with Gasteiger partial charge in [0.15, 0.2) is 5.16 Å². The molecule has 1 aliphatic rings. The number of aromatic nitrogens is 2. The first-order valence-corrected chi connectivity index (χ1v) is 11.5. The zero-order valence-electron chi connectivity index (χ0n) is 16.2. The van der Waals surface area contributed by atoms with E-state index in [2.05, 4.69) is 15.9 Å². The topological polar surface area (TPSA) is 55.2 Å². The molecular weight excluding hydrogens is 450 g/mol. The van der Waals surface area contributed by atoms with Gasteiger partial charge in [-0.3, -0.25) is 14.2 Å². The number of halogens is 1. The second-order valence-corrected chi connectivity index (χ2v) is 9.05. The molecule has 0 bridgehead atoms. The molecule has 150 valence electrons. The summed E-state index contributed by atoms with van der Waals surface area (Å²) >= 11 is 4.79. The number of amides is 1. The number of carbonyl (C=O) groups is 1. The maximum atomic E-state index is 13.4. The van der Waals surface area contributed by atoms with E-state index in [1.807, 2.05) is 60.4 Å². The van der Waals surface area contributed by atoms with Crippen LogP contribution in [0.2, 0.25) is 0 Å². The molecular formula is C22H22BrN3O2S. The first-order valence-electron chi connectivity index (χ1n) is 9.72. The summed E-state index contributed by atoms with van der Waals surface area (Å²) in [5, 5.41) is 1.14. The summed E-state index contributed by atoms with van der Waals surface area (Å²) in [7, 11) is 0. The minimum Gasteiger partial charge on any atom is -0.342 e. The Hall–Kier alpha value is -2.12. The lowest BCUT2D eigenvalue weighted by Gasteiger charge is -2.21.